The van der Waals surface area contributed by atoms with Crippen molar-refractivity contribution in [1.29, 1.82) is 0 Å². The van der Waals surface area contributed by atoms with Gasteiger partial charge in [0.2, 0.25) is 6.79 Å². The number of thiocarbonyl (C=S) groups is 1. The number of methoxy groups -OCH3 is 1. The summed E-state index contributed by atoms with van der Waals surface area (Å²) in [6.45, 7) is 0.218. The predicted molar refractivity (Wildman–Crippen MR) is 126 cm³/mol. The zero-order valence-electron chi connectivity index (χ0n) is 17.3. The lowest BCUT2D eigenvalue weighted by molar-refractivity contribution is 0.174. The summed E-state index contributed by atoms with van der Waals surface area (Å²) in [5.41, 5.74) is 3.76. The first-order valence-electron chi connectivity index (χ1n) is 10.0. The molecule has 0 spiro atoms. The molecule has 0 radical (unpaired) electrons. The Labute approximate surface area is 190 Å². The van der Waals surface area contributed by atoms with Crippen molar-refractivity contribution in [3.63, 3.8) is 0 Å². The molecule has 1 aliphatic heterocycles. The maximum Gasteiger partial charge on any atom is 0.336 e. The zero-order chi connectivity index (χ0) is 21.9. The lowest BCUT2D eigenvalue weighted by Gasteiger charge is -2.10. The van der Waals surface area contributed by atoms with Crippen molar-refractivity contribution in [1.82, 2.24) is 14.8 Å². The second-order valence-electron chi connectivity index (χ2n) is 7.16. The highest BCUT2D eigenvalue weighted by Crippen LogP contribution is 2.36. The van der Waals surface area contributed by atoms with Gasteiger partial charge in [0.05, 0.1) is 17.8 Å². The highest BCUT2D eigenvalue weighted by atomic mass is 32.1. The number of anilines is 1. The summed E-state index contributed by atoms with van der Waals surface area (Å²) in [5, 5.41) is 7.77. The van der Waals surface area contributed by atoms with E-state index in [0.29, 0.717) is 23.7 Å². The van der Waals surface area contributed by atoms with Crippen LogP contribution in [0.3, 0.4) is 0 Å². The molecule has 1 N–H and O–H groups in total. The van der Waals surface area contributed by atoms with Crippen LogP contribution < -0.4 is 19.5 Å². The van der Waals surface area contributed by atoms with Gasteiger partial charge in [0.15, 0.2) is 17.3 Å². The van der Waals surface area contributed by atoms with Crippen molar-refractivity contribution < 1.29 is 14.2 Å². The van der Waals surface area contributed by atoms with Crippen LogP contribution in [0.4, 0.5) is 5.69 Å². The van der Waals surface area contributed by atoms with Gasteiger partial charge in [-0.15, -0.1) is 5.10 Å². The minimum Gasteiger partial charge on any atom is -0.466 e. The number of aromatic nitrogens is 3. The molecule has 4 aromatic rings. The normalized spacial score (nSPS) is 11.9. The predicted octanol–water partition coefficient (Wildman–Crippen LogP) is 4.65. The number of fused-ring (bicyclic) bond motifs is 1. The van der Waals surface area contributed by atoms with E-state index in [4.69, 9.17) is 26.4 Å². The van der Waals surface area contributed by atoms with Crippen molar-refractivity contribution in [2.24, 2.45) is 0 Å². The van der Waals surface area contributed by atoms with Crippen LogP contribution in [-0.4, -0.2) is 33.7 Å². The third kappa shape index (κ3) is 4.13. The summed E-state index contributed by atoms with van der Waals surface area (Å²) in [7, 11) is 1.55. The summed E-state index contributed by atoms with van der Waals surface area (Å²) in [5.74, 6) is 2.04. The van der Waals surface area contributed by atoms with Gasteiger partial charge in [-0.2, -0.15) is 4.98 Å². The van der Waals surface area contributed by atoms with Gasteiger partial charge in [-0.25, -0.2) is 4.68 Å². The van der Waals surface area contributed by atoms with Crippen LogP contribution in [0.1, 0.15) is 5.56 Å². The lowest BCUT2D eigenvalue weighted by atomic mass is 10.1. The Kier molecular flexibility index (Phi) is 5.43. The molecule has 0 fully saturated rings. The molecule has 1 aliphatic rings. The highest BCUT2D eigenvalue weighted by molar-refractivity contribution is 7.80. The van der Waals surface area contributed by atoms with E-state index in [1.54, 1.807) is 11.8 Å². The summed E-state index contributed by atoms with van der Waals surface area (Å²) < 4.78 is 17.9. The van der Waals surface area contributed by atoms with Gasteiger partial charge in [-0.3, -0.25) is 0 Å². The Morgan fingerprint density at radius 2 is 1.81 bits per heavy atom. The number of nitrogens with zero attached hydrogens (tertiary/aromatic N) is 3. The van der Waals surface area contributed by atoms with Crippen molar-refractivity contribution in [3.05, 3.63) is 78.4 Å². The average molecular weight is 445 g/mol. The van der Waals surface area contributed by atoms with Crippen molar-refractivity contribution in [3.8, 4) is 34.6 Å². The first-order valence-corrected chi connectivity index (χ1v) is 10.5. The van der Waals surface area contributed by atoms with Crippen LogP contribution in [0.2, 0.25) is 0 Å². The summed E-state index contributed by atoms with van der Waals surface area (Å²) in [6.07, 6.45) is 0.687. The Morgan fingerprint density at radius 3 is 2.59 bits per heavy atom. The first-order chi connectivity index (χ1) is 15.7. The van der Waals surface area contributed by atoms with Crippen LogP contribution in [0, 0.1) is 0 Å². The van der Waals surface area contributed by atoms with Crippen molar-refractivity contribution in [2.45, 2.75) is 6.42 Å². The molecule has 3 aromatic carbocycles. The Morgan fingerprint density at radius 1 is 1.03 bits per heavy atom. The summed E-state index contributed by atoms with van der Waals surface area (Å²) >= 11 is 5.51. The number of hydrogen-bond donors (Lipinski definition) is 1. The van der Waals surface area contributed by atoms with Crippen molar-refractivity contribution in [2.75, 3.05) is 19.2 Å². The molecule has 2 heterocycles. The Bertz CT molecular complexity index is 1260. The first kappa shape index (κ1) is 20.0. The maximum absolute atomic E-state index is 5.51. The van der Waals surface area contributed by atoms with E-state index in [0.717, 1.165) is 21.9 Å². The fourth-order valence-corrected chi connectivity index (χ4v) is 3.74. The van der Waals surface area contributed by atoms with Gasteiger partial charge in [0.1, 0.15) is 0 Å². The molecule has 0 aliphatic carbocycles. The average Bonchev–Trinajstić information content (AvgIpc) is 3.47. The molecule has 0 atom stereocenters. The fourth-order valence-electron chi connectivity index (χ4n) is 3.45. The summed E-state index contributed by atoms with van der Waals surface area (Å²) in [6, 6.07) is 23.9. The van der Waals surface area contributed by atoms with Gasteiger partial charge in [0, 0.05) is 17.7 Å². The van der Waals surface area contributed by atoms with E-state index in [1.165, 1.54) is 5.56 Å². The van der Waals surface area contributed by atoms with Gasteiger partial charge in [-0.1, -0.05) is 42.5 Å². The van der Waals surface area contributed by atoms with Crippen LogP contribution in [0.5, 0.6) is 17.5 Å². The molecule has 1 aromatic heterocycles. The van der Waals surface area contributed by atoms with E-state index in [1.807, 2.05) is 60.7 Å². The monoisotopic (exact) mass is 444 g/mol. The van der Waals surface area contributed by atoms with Gasteiger partial charge in [0.25, 0.3) is 0 Å². The molecule has 5 rings (SSSR count). The second-order valence-corrected chi connectivity index (χ2v) is 7.65. The molecule has 0 unspecified atom stereocenters. The maximum atomic E-state index is 5.51. The number of ether oxygens (including phenoxy) is 3. The van der Waals surface area contributed by atoms with Crippen LogP contribution in [-0.2, 0) is 6.42 Å². The largest absolute Gasteiger partial charge is 0.466 e. The zero-order valence-corrected chi connectivity index (χ0v) is 18.1. The quantitative estimate of drug-likeness (QED) is 0.434. The van der Waals surface area contributed by atoms with Crippen LogP contribution in [0.25, 0.3) is 17.1 Å². The van der Waals surface area contributed by atoms with E-state index in [9.17, 15) is 0 Å². The van der Waals surface area contributed by atoms with Crippen LogP contribution in [0.15, 0.2) is 72.8 Å². The van der Waals surface area contributed by atoms with E-state index >= 15 is 0 Å². The highest BCUT2D eigenvalue weighted by Gasteiger charge is 2.19. The molecule has 32 heavy (non-hydrogen) atoms. The smallest absolute Gasteiger partial charge is 0.336 e. The van der Waals surface area contributed by atoms with Gasteiger partial charge < -0.3 is 19.5 Å². The number of nitrogens with one attached hydrogen (secondary N) is 1. The molecule has 0 bridgehead atoms. The second kappa shape index (κ2) is 8.68. The molecule has 160 valence electrons. The molecule has 8 heteroatoms. The summed E-state index contributed by atoms with van der Waals surface area (Å²) in [4.78, 5) is 5.27. The lowest BCUT2D eigenvalue weighted by Crippen LogP contribution is -2.12. The van der Waals surface area contributed by atoms with E-state index < -0.39 is 0 Å². The Hall–Kier alpha value is -3.91. The third-order valence-electron chi connectivity index (χ3n) is 5.00. The van der Waals surface area contributed by atoms with Crippen LogP contribution >= 0.6 is 12.2 Å². The number of rotatable bonds is 6. The van der Waals surface area contributed by atoms with Crippen molar-refractivity contribution >= 4 is 22.9 Å². The van der Waals surface area contributed by atoms with E-state index in [2.05, 4.69) is 27.5 Å². The Balaban J connectivity index is 1.38. The molecular formula is C24H20N4O3S. The SMILES string of the molecule is COc1nc(-c2ccc3c(c2)OCO3)n(-c2ccc(NC(=S)Cc3ccccc3)cc2)n1. The molecule has 0 saturated heterocycles. The van der Waals surface area contributed by atoms with Gasteiger partial charge in [-0.05, 0) is 48.0 Å². The number of hydrogen-bond acceptors (Lipinski definition) is 6. The topological polar surface area (TPSA) is 70.4 Å². The van der Waals surface area contributed by atoms with E-state index in [-0.39, 0.29) is 12.8 Å². The molecule has 7 nitrogen and oxygen atoms in total. The molecular weight excluding hydrogens is 424 g/mol. The van der Waals surface area contributed by atoms with Gasteiger partial charge >= 0.3 is 6.01 Å². The molecule has 0 amide bonds. The minimum atomic E-state index is 0.218. The molecule has 0 saturated carbocycles. The minimum absolute atomic E-state index is 0.218. The number of benzene rings is 3. The third-order valence-corrected chi connectivity index (χ3v) is 5.25. The fraction of sp³-hybridized carbons (Fsp3) is 0.125. The standard InChI is InChI=1S/C24H20N4O3S/c1-29-24-26-23(17-7-12-20-21(14-17)31-15-30-20)28(27-24)19-10-8-18(9-11-19)25-22(32)13-16-5-3-2-4-6-16/h2-12,14H,13,15H2,1H3,(H,25,32).